The minimum Gasteiger partial charge on any atom is -0.507 e. The highest BCUT2D eigenvalue weighted by atomic mass is 19.1. The number of aliphatic hydroxyl groups excluding tert-OH is 2. The molecule has 5 N–H and O–H groups in total. The number of aromatic hydroxyl groups is 1. The monoisotopic (exact) mass is 533 g/mol. The van der Waals surface area contributed by atoms with E-state index in [1.165, 1.54) is 6.92 Å². The normalized spacial score (nSPS) is 16.6. The zero-order valence-corrected chi connectivity index (χ0v) is 21.9. The van der Waals surface area contributed by atoms with Gasteiger partial charge >= 0.3 is 0 Å². The lowest BCUT2D eigenvalue weighted by Crippen LogP contribution is -2.33. The summed E-state index contributed by atoms with van der Waals surface area (Å²) in [7, 11) is 3.63. The lowest BCUT2D eigenvalue weighted by atomic mass is 9.73. The van der Waals surface area contributed by atoms with E-state index in [-0.39, 0.29) is 81.6 Å². The number of carbonyl (C=O) groups excluding carboxylic acids is 3. The van der Waals surface area contributed by atoms with Crippen molar-refractivity contribution in [2.45, 2.75) is 51.9 Å². The molecular weight excluding hydrogens is 488 g/mol. The molecule has 0 fully saturated rings. The highest BCUT2D eigenvalue weighted by Crippen LogP contribution is 2.42. The van der Waals surface area contributed by atoms with Gasteiger partial charge in [0.05, 0.1) is 31.9 Å². The van der Waals surface area contributed by atoms with E-state index in [4.69, 9.17) is 0 Å². The van der Waals surface area contributed by atoms with Crippen LogP contribution in [0.1, 0.15) is 63.4 Å². The number of rotatable bonds is 15. The number of anilines is 1. The average Bonchev–Trinajstić information content (AvgIpc) is 2.80. The zero-order valence-electron chi connectivity index (χ0n) is 21.9. The minimum atomic E-state index is -0.805. The van der Waals surface area contributed by atoms with E-state index in [2.05, 4.69) is 0 Å². The van der Waals surface area contributed by atoms with Crippen molar-refractivity contribution in [3.05, 3.63) is 22.8 Å². The van der Waals surface area contributed by atoms with Gasteiger partial charge in [-0.3, -0.25) is 23.2 Å². The lowest BCUT2D eigenvalue weighted by Gasteiger charge is -2.33. The summed E-state index contributed by atoms with van der Waals surface area (Å²) in [5, 5.41) is 30.4. The molecule has 1 aromatic carbocycles. The summed E-state index contributed by atoms with van der Waals surface area (Å²) in [6.45, 7) is -0.912. The number of halogens is 2. The maximum absolute atomic E-state index is 13.2. The molecule has 8 nitrogen and oxygen atoms in total. The molecule has 0 amide bonds. The zero-order chi connectivity index (χ0) is 27.0. The van der Waals surface area contributed by atoms with E-state index in [1.54, 1.807) is 6.07 Å². The molecule has 0 saturated heterocycles. The van der Waals surface area contributed by atoms with Crippen molar-refractivity contribution in [1.82, 2.24) is 0 Å². The first-order chi connectivity index (χ1) is 17.1. The van der Waals surface area contributed by atoms with Crippen molar-refractivity contribution in [1.29, 1.82) is 0 Å². The van der Waals surface area contributed by atoms with Crippen LogP contribution in [0, 0.1) is 23.7 Å². The van der Waals surface area contributed by atoms with Crippen LogP contribution in [0.3, 0.4) is 0 Å². The van der Waals surface area contributed by atoms with E-state index < -0.39 is 37.7 Å². The van der Waals surface area contributed by atoms with Crippen LogP contribution in [-0.4, -0.2) is 78.8 Å². The van der Waals surface area contributed by atoms with Gasteiger partial charge in [0.1, 0.15) is 17.3 Å². The topological polar surface area (TPSA) is 147 Å². The van der Waals surface area contributed by atoms with Crippen LogP contribution < -0.4 is 4.90 Å². The summed E-state index contributed by atoms with van der Waals surface area (Å²) in [5.74, 6) is -3.22. The molecule has 3 unspecified atom stereocenters. The second kappa shape index (κ2) is 15.1. The third kappa shape index (κ3) is 8.28. The number of Topliss-reactive ketones (excluding diaryl/α,β-unsaturated/α-hetero) is 3. The maximum atomic E-state index is 13.2. The largest absolute Gasteiger partial charge is 0.507 e. The van der Waals surface area contributed by atoms with Gasteiger partial charge in [0.25, 0.3) is 0 Å². The number of aryl methyl sites for hydroxylation is 1. The highest BCUT2D eigenvalue weighted by Gasteiger charge is 2.36. The molecule has 10 heteroatoms. The fraction of sp³-hybridized carbons (Fsp3) is 0.667. The van der Waals surface area contributed by atoms with Gasteiger partial charge in [0.15, 0.2) is 5.78 Å². The Morgan fingerprint density at radius 2 is 1.81 bits per heavy atom. The molecule has 0 bridgehead atoms. The van der Waals surface area contributed by atoms with Gasteiger partial charge in [-0.25, -0.2) is 0 Å². The number of phenolic OH excluding ortho intramolecular Hbond substituents is 1. The molecule has 0 aromatic heterocycles. The number of alkyl halides is 2. The average molecular weight is 534 g/mol. The quantitative estimate of drug-likeness (QED) is 0.294. The van der Waals surface area contributed by atoms with Gasteiger partial charge in [-0.05, 0) is 68.1 Å². The minimum absolute atomic E-state index is 0. The van der Waals surface area contributed by atoms with E-state index in [0.717, 1.165) is 5.69 Å². The Kier molecular flexibility index (Phi) is 13.3. The van der Waals surface area contributed by atoms with E-state index in [0.29, 0.717) is 24.0 Å². The van der Waals surface area contributed by atoms with E-state index in [9.17, 15) is 38.5 Å². The summed E-state index contributed by atoms with van der Waals surface area (Å²) in [4.78, 5) is 39.1. The molecule has 0 radical (unpaired) electrons. The summed E-state index contributed by atoms with van der Waals surface area (Å²) in [6.07, 6.45) is 1.38. The van der Waals surface area contributed by atoms with Crippen LogP contribution in [-0.2, 0) is 22.4 Å². The van der Waals surface area contributed by atoms with Gasteiger partial charge in [-0.2, -0.15) is 0 Å². The van der Waals surface area contributed by atoms with E-state index >= 15 is 0 Å². The molecule has 1 aromatic rings. The molecule has 2 rings (SSSR count). The van der Waals surface area contributed by atoms with Crippen LogP contribution in [0.5, 0.6) is 5.75 Å². The first-order valence-electron chi connectivity index (χ1n) is 12.5. The van der Waals surface area contributed by atoms with E-state index in [1.807, 2.05) is 19.0 Å². The summed E-state index contributed by atoms with van der Waals surface area (Å²) < 4.78 is 25.9. The second-order valence-corrected chi connectivity index (χ2v) is 10.2. The number of hydrogen-bond donors (Lipinski definition) is 3. The summed E-state index contributed by atoms with van der Waals surface area (Å²) in [6, 6.07) is 1.76. The van der Waals surface area contributed by atoms with Gasteiger partial charge in [-0.15, -0.1) is 0 Å². The van der Waals surface area contributed by atoms with Crippen LogP contribution in [0.4, 0.5) is 14.5 Å². The Bertz CT molecular complexity index is 945. The third-order valence-electron chi connectivity index (χ3n) is 7.19. The number of hydrogen-bond acceptors (Lipinski definition) is 7. The van der Waals surface area contributed by atoms with Crippen molar-refractivity contribution in [3.8, 4) is 5.75 Å². The molecule has 3 atom stereocenters. The van der Waals surface area contributed by atoms with Gasteiger partial charge in [0.2, 0.25) is 0 Å². The molecule has 0 heterocycles. The standard InChI is InChI=1S/C27H39F2NO6.H2O.2H2/c1-16(33)8-24(34)22(15-32)19(6-7-31)9-18-10-21-23(30(2)3)12-20(5-4-17(13-28)14-29)27(36)26(21)25(35)11-18;;;/h12,17-19,22,31-32,36H,4-11,13-15H2,1-3H3;1H2;2*1H. The molecule has 1 aliphatic carbocycles. The molecular formula is C27H45F2NO7. The smallest absolute Gasteiger partial charge is 0.167 e. The Morgan fingerprint density at radius 3 is 2.32 bits per heavy atom. The first-order valence-corrected chi connectivity index (χ1v) is 12.5. The first kappa shape index (κ1) is 32.6. The Morgan fingerprint density at radius 1 is 1.16 bits per heavy atom. The summed E-state index contributed by atoms with van der Waals surface area (Å²) in [5.41, 5.74) is 2.12. The lowest BCUT2D eigenvalue weighted by molar-refractivity contribution is -0.131. The molecule has 0 spiro atoms. The SMILES string of the molecule is CC(=O)CC(=O)C(CO)C(CCO)CC1CC(=O)c2c(O)c(CCC(CF)CF)cc(N(C)C)c2C1.O.[HH].[HH]. The molecule has 0 aliphatic heterocycles. The number of phenols is 1. The number of carbonyl (C=O) groups is 3. The fourth-order valence-corrected chi connectivity index (χ4v) is 5.26. The van der Waals surface area contributed by atoms with Crippen molar-refractivity contribution in [2.24, 2.45) is 23.7 Å². The molecule has 0 saturated carbocycles. The van der Waals surface area contributed by atoms with Gasteiger partial charge < -0.3 is 25.7 Å². The number of ketones is 3. The van der Waals surface area contributed by atoms with Crippen molar-refractivity contribution in [3.63, 3.8) is 0 Å². The highest BCUT2D eigenvalue weighted by molar-refractivity contribution is 6.03. The number of nitrogens with zero attached hydrogens (tertiary/aromatic N) is 1. The number of aliphatic hydroxyl groups is 2. The second-order valence-electron chi connectivity index (χ2n) is 10.2. The van der Waals surface area contributed by atoms with Crippen LogP contribution in [0.15, 0.2) is 6.07 Å². The van der Waals surface area contributed by atoms with Crippen LogP contribution >= 0.6 is 0 Å². The van der Waals surface area contributed by atoms with Crippen LogP contribution in [0.25, 0.3) is 0 Å². The maximum Gasteiger partial charge on any atom is 0.167 e. The van der Waals surface area contributed by atoms with Crippen molar-refractivity contribution >= 4 is 23.0 Å². The van der Waals surface area contributed by atoms with Crippen molar-refractivity contribution < 1.29 is 46.8 Å². The molecule has 1 aliphatic rings. The Balaban J connectivity index is 0. The summed E-state index contributed by atoms with van der Waals surface area (Å²) >= 11 is 0. The Labute approximate surface area is 219 Å². The predicted molar refractivity (Wildman–Crippen MR) is 141 cm³/mol. The number of fused-ring (bicyclic) bond motifs is 1. The third-order valence-corrected chi connectivity index (χ3v) is 7.19. The fourth-order valence-electron chi connectivity index (χ4n) is 5.26. The van der Waals surface area contributed by atoms with Crippen molar-refractivity contribution in [2.75, 3.05) is 45.6 Å². The molecule has 37 heavy (non-hydrogen) atoms. The number of benzene rings is 1. The van der Waals surface area contributed by atoms with Gasteiger partial charge in [-0.1, -0.05) is 0 Å². The Hall–Kier alpha value is -2.43. The van der Waals surface area contributed by atoms with Gasteiger partial charge in [0, 0.05) is 47.5 Å². The molecule has 214 valence electrons. The predicted octanol–water partition coefficient (Wildman–Crippen LogP) is 2.90. The van der Waals surface area contributed by atoms with Crippen LogP contribution in [0.2, 0.25) is 0 Å².